The molecule has 1 aliphatic carbocycles. The third-order valence-corrected chi connectivity index (χ3v) is 4.59. The number of hydrogen-bond acceptors (Lipinski definition) is 2. The van der Waals surface area contributed by atoms with Crippen LogP contribution in [0.4, 0.5) is 0 Å². The molecule has 0 aromatic carbocycles. The number of aliphatic hydroxyl groups is 1. The van der Waals surface area contributed by atoms with Gasteiger partial charge in [-0.2, -0.15) is 0 Å². The molecule has 1 aliphatic rings. The molecule has 0 spiro atoms. The van der Waals surface area contributed by atoms with Crippen LogP contribution in [0, 0.1) is 11.3 Å². The highest BCUT2D eigenvalue weighted by molar-refractivity contribution is 5.88. The highest BCUT2D eigenvalue weighted by Crippen LogP contribution is 2.41. The Kier molecular flexibility index (Phi) is 6.91. The maximum Gasteiger partial charge on any atom is 0.144 e. The van der Waals surface area contributed by atoms with Gasteiger partial charge in [-0.05, 0) is 19.3 Å². The summed E-state index contributed by atoms with van der Waals surface area (Å²) in [4.78, 5) is 12.1. The van der Waals surface area contributed by atoms with E-state index < -0.39 is 0 Å². The monoisotopic (exact) mass is 254 g/mol. The van der Waals surface area contributed by atoms with Crippen LogP contribution in [0.3, 0.4) is 0 Å². The minimum atomic E-state index is -0.372. The zero-order chi connectivity index (χ0) is 13.4. The molecule has 0 aromatic rings. The molecule has 0 amide bonds. The number of aliphatic hydroxyl groups excluding tert-OH is 1. The van der Waals surface area contributed by atoms with Crippen molar-refractivity contribution in [3.63, 3.8) is 0 Å². The Bertz CT molecular complexity index is 249. The first-order valence-corrected chi connectivity index (χ1v) is 7.81. The highest BCUT2D eigenvalue weighted by atomic mass is 16.3. The fourth-order valence-electron chi connectivity index (χ4n) is 3.17. The van der Waals surface area contributed by atoms with Crippen LogP contribution in [0.1, 0.15) is 78.1 Å². The van der Waals surface area contributed by atoms with Crippen LogP contribution in [0.15, 0.2) is 0 Å². The van der Waals surface area contributed by atoms with Crippen LogP contribution in [0.25, 0.3) is 0 Å². The van der Waals surface area contributed by atoms with E-state index in [1.807, 2.05) is 6.92 Å². The van der Waals surface area contributed by atoms with E-state index in [0.29, 0.717) is 5.78 Å². The Balaban J connectivity index is 2.19. The molecule has 0 aliphatic heterocycles. The lowest BCUT2D eigenvalue weighted by molar-refractivity contribution is -0.131. The molecular weight excluding hydrogens is 224 g/mol. The Morgan fingerprint density at radius 3 is 2.28 bits per heavy atom. The average Bonchev–Trinajstić information content (AvgIpc) is 2.67. The standard InChI is InChI=1S/C16H30O2/c1-3-4-5-6-7-8-9-11-16(13-17)12-10-14(2)15(16)18/h14,17H,3-13H2,1-2H3/t14-,16+/m1/s1. The zero-order valence-corrected chi connectivity index (χ0v) is 12.2. The molecule has 0 saturated heterocycles. The molecule has 1 saturated carbocycles. The second-order valence-corrected chi connectivity index (χ2v) is 6.11. The molecular formula is C16H30O2. The summed E-state index contributed by atoms with van der Waals surface area (Å²) in [5.41, 5.74) is -0.372. The van der Waals surface area contributed by atoms with E-state index in [0.717, 1.165) is 25.7 Å². The van der Waals surface area contributed by atoms with Gasteiger partial charge in [-0.25, -0.2) is 0 Å². The summed E-state index contributed by atoms with van der Waals surface area (Å²) in [5, 5.41) is 9.56. The van der Waals surface area contributed by atoms with Gasteiger partial charge in [0.25, 0.3) is 0 Å². The molecule has 0 aromatic heterocycles. The van der Waals surface area contributed by atoms with Crippen molar-refractivity contribution < 1.29 is 9.90 Å². The van der Waals surface area contributed by atoms with Crippen LogP contribution in [-0.4, -0.2) is 17.5 Å². The number of carbonyl (C=O) groups excluding carboxylic acids is 1. The summed E-state index contributed by atoms with van der Waals surface area (Å²) in [6.45, 7) is 4.30. The van der Waals surface area contributed by atoms with Crippen molar-refractivity contribution in [2.45, 2.75) is 78.1 Å². The van der Waals surface area contributed by atoms with Crippen LogP contribution < -0.4 is 0 Å². The van der Waals surface area contributed by atoms with Gasteiger partial charge in [-0.15, -0.1) is 0 Å². The second kappa shape index (κ2) is 7.93. The number of hydrogen-bond donors (Lipinski definition) is 1. The maximum absolute atomic E-state index is 12.1. The van der Waals surface area contributed by atoms with Gasteiger partial charge < -0.3 is 5.11 Å². The maximum atomic E-state index is 12.1. The number of ketones is 1. The highest BCUT2D eigenvalue weighted by Gasteiger charge is 2.44. The smallest absolute Gasteiger partial charge is 0.144 e. The first kappa shape index (κ1) is 15.7. The minimum absolute atomic E-state index is 0.0615. The molecule has 1 fully saturated rings. The topological polar surface area (TPSA) is 37.3 Å². The Labute approximate surface area is 112 Å². The molecule has 0 unspecified atom stereocenters. The third-order valence-electron chi connectivity index (χ3n) is 4.59. The Hall–Kier alpha value is -0.370. The molecule has 2 nitrogen and oxygen atoms in total. The van der Waals surface area contributed by atoms with Crippen molar-refractivity contribution in [2.75, 3.05) is 6.61 Å². The van der Waals surface area contributed by atoms with Crippen LogP contribution in [-0.2, 0) is 4.79 Å². The molecule has 2 atom stereocenters. The van der Waals surface area contributed by atoms with Crippen LogP contribution in [0.2, 0.25) is 0 Å². The quantitative estimate of drug-likeness (QED) is 0.629. The molecule has 106 valence electrons. The van der Waals surface area contributed by atoms with Gasteiger partial charge in [-0.1, -0.05) is 58.8 Å². The molecule has 1 N–H and O–H groups in total. The van der Waals surface area contributed by atoms with Gasteiger partial charge in [0.05, 0.1) is 12.0 Å². The van der Waals surface area contributed by atoms with Crippen molar-refractivity contribution in [1.82, 2.24) is 0 Å². The van der Waals surface area contributed by atoms with Crippen molar-refractivity contribution in [3.8, 4) is 0 Å². The molecule has 2 heteroatoms. The molecule has 0 radical (unpaired) electrons. The van der Waals surface area contributed by atoms with E-state index in [1.54, 1.807) is 0 Å². The number of unbranched alkanes of at least 4 members (excludes halogenated alkanes) is 6. The number of rotatable bonds is 9. The van der Waals surface area contributed by atoms with E-state index in [4.69, 9.17) is 0 Å². The van der Waals surface area contributed by atoms with E-state index in [2.05, 4.69) is 6.92 Å². The van der Waals surface area contributed by atoms with Crippen molar-refractivity contribution in [2.24, 2.45) is 11.3 Å². The third kappa shape index (κ3) is 4.08. The van der Waals surface area contributed by atoms with Gasteiger partial charge in [0.15, 0.2) is 0 Å². The number of carbonyl (C=O) groups is 1. The minimum Gasteiger partial charge on any atom is -0.395 e. The summed E-state index contributed by atoms with van der Waals surface area (Å²) in [6, 6.07) is 0. The van der Waals surface area contributed by atoms with Gasteiger partial charge in [0.2, 0.25) is 0 Å². The zero-order valence-electron chi connectivity index (χ0n) is 12.2. The predicted molar refractivity (Wildman–Crippen MR) is 75.5 cm³/mol. The summed E-state index contributed by atoms with van der Waals surface area (Å²) in [5.74, 6) is 0.484. The fraction of sp³-hybridized carbons (Fsp3) is 0.938. The Morgan fingerprint density at radius 1 is 1.17 bits per heavy atom. The molecule has 0 bridgehead atoms. The average molecular weight is 254 g/mol. The van der Waals surface area contributed by atoms with Crippen molar-refractivity contribution >= 4 is 5.78 Å². The van der Waals surface area contributed by atoms with Crippen molar-refractivity contribution in [1.29, 1.82) is 0 Å². The van der Waals surface area contributed by atoms with Gasteiger partial charge >= 0.3 is 0 Å². The van der Waals surface area contributed by atoms with Crippen LogP contribution in [0.5, 0.6) is 0 Å². The predicted octanol–water partition coefficient (Wildman–Crippen LogP) is 4.10. The van der Waals surface area contributed by atoms with E-state index >= 15 is 0 Å². The summed E-state index contributed by atoms with van der Waals surface area (Å²) in [6.07, 6.45) is 11.7. The lowest BCUT2D eigenvalue weighted by atomic mass is 9.80. The van der Waals surface area contributed by atoms with Gasteiger partial charge in [-0.3, -0.25) is 4.79 Å². The summed E-state index contributed by atoms with van der Waals surface area (Å²) < 4.78 is 0. The first-order chi connectivity index (χ1) is 8.66. The normalized spacial score (nSPS) is 27.9. The second-order valence-electron chi connectivity index (χ2n) is 6.11. The van der Waals surface area contributed by atoms with Gasteiger partial charge in [0.1, 0.15) is 5.78 Å². The van der Waals surface area contributed by atoms with Gasteiger partial charge in [0, 0.05) is 5.92 Å². The SMILES string of the molecule is CCCCCCCCC[C@@]1(CO)CC[C@@H](C)C1=O. The summed E-state index contributed by atoms with van der Waals surface area (Å²) in [7, 11) is 0. The lowest BCUT2D eigenvalue weighted by Gasteiger charge is -2.25. The van der Waals surface area contributed by atoms with E-state index in [9.17, 15) is 9.90 Å². The summed E-state index contributed by atoms with van der Waals surface area (Å²) >= 11 is 0. The molecule has 18 heavy (non-hydrogen) atoms. The first-order valence-electron chi connectivity index (χ1n) is 7.81. The van der Waals surface area contributed by atoms with E-state index in [1.165, 1.54) is 38.5 Å². The fourth-order valence-corrected chi connectivity index (χ4v) is 3.17. The lowest BCUT2D eigenvalue weighted by Crippen LogP contribution is -2.32. The number of Topliss-reactive ketones (excluding diaryl/α,β-unsaturated/α-hetero) is 1. The van der Waals surface area contributed by atoms with Crippen LogP contribution >= 0.6 is 0 Å². The van der Waals surface area contributed by atoms with Crippen molar-refractivity contribution in [3.05, 3.63) is 0 Å². The molecule has 1 rings (SSSR count). The Morgan fingerprint density at radius 2 is 1.78 bits per heavy atom. The molecule has 0 heterocycles. The van der Waals surface area contributed by atoms with E-state index in [-0.39, 0.29) is 17.9 Å². The largest absolute Gasteiger partial charge is 0.395 e.